The number of benzene rings is 5. The molecule has 5 aromatic rings. The molecule has 0 N–H and O–H groups in total. The monoisotopic (exact) mass is 965 g/mol. The van der Waals surface area contributed by atoms with E-state index in [2.05, 4.69) is 66.4 Å². The Hall–Kier alpha value is -7.07. The minimum absolute atomic E-state index is 0.0404. The Kier molecular flexibility index (Phi) is 24.8. The van der Waals surface area contributed by atoms with Gasteiger partial charge in [0.2, 0.25) is 0 Å². The van der Waals surface area contributed by atoms with Crippen LogP contribution in [0.3, 0.4) is 0 Å². The molecule has 4 saturated carbocycles. The van der Waals surface area contributed by atoms with Gasteiger partial charge < -0.3 is 23.7 Å². The van der Waals surface area contributed by atoms with Gasteiger partial charge in [0.1, 0.15) is 0 Å². The van der Waals surface area contributed by atoms with Crippen LogP contribution in [0.2, 0.25) is 0 Å². The van der Waals surface area contributed by atoms with Crippen molar-refractivity contribution in [2.75, 3.05) is 33.0 Å². The highest BCUT2D eigenvalue weighted by Crippen LogP contribution is 2.50. The second-order valence-corrected chi connectivity index (χ2v) is 17.0. The summed E-state index contributed by atoms with van der Waals surface area (Å²) < 4.78 is 24.3. The first-order valence-electron chi connectivity index (χ1n) is 24.9. The molecule has 4 aliphatic carbocycles. The minimum atomic E-state index is -0.359. The zero-order chi connectivity index (χ0) is 51.4. The van der Waals surface area contributed by atoms with Crippen LogP contribution < -0.4 is 0 Å². The van der Waals surface area contributed by atoms with E-state index in [9.17, 15) is 24.0 Å². The second kappa shape index (κ2) is 31.2. The number of rotatable bonds is 15. The normalized spacial score (nSPS) is 20.9. The molecular formula is C61H72O10. The van der Waals surface area contributed by atoms with Crippen LogP contribution >= 0.6 is 0 Å². The van der Waals surface area contributed by atoms with Crippen molar-refractivity contribution in [1.29, 1.82) is 0 Å². The van der Waals surface area contributed by atoms with E-state index in [0.29, 0.717) is 56.7 Å². The van der Waals surface area contributed by atoms with Crippen LogP contribution in [-0.4, -0.2) is 62.9 Å². The van der Waals surface area contributed by atoms with E-state index in [4.69, 9.17) is 18.9 Å². The molecule has 71 heavy (non-hydrogen) atoms. The molecule has 0 spiro atoms. The van der Waals surface area contributed by atoms with E-state index < -0.39 is 0 Å². The van der Waals surface area contributed by atoms with Gasteiger partial charge in [-0.1, -0.05) is 171 Å². The standard InChI is InChI=1S/4C12H14O2.C8H8.C5H8O2/c4*1-2-14-12(13)11-8-10(11)9-6-4-3-5-7-9;1-2-8-6-4-3-5-7-8;1-3-5(6)7-4-2/h4*3-7,10-11H,2,8H2,1H3;2-7H,1H2;3H,1,4H2,2H3/t2*10-,11+;2*10-,11-;;/m1010../s1. The summed E-state index contributed by atoms with van der Waals surface area (Å²) in [7, 11) is 0. The first-order valence-corrected chi connectivity index (χ1v) is 24.9. The van der Waals surface area contributed by atoms with Gasteiger partial charge >= 0.3 is 29.8 Å². The average molecular weight is 965 g/mol. The van der Waals surface area contributed by atoms with Gasteiger partial charge in [0.15, 0.2) is 0 Å². The summed E-state index contributed by atoms with van der Waals surface area (Å²) in [6, 6.07) is 50.7. The third-order valence-electron chi connectivity index (χ3n) is 11.9. The lowest BCUT2D eigenvalue weighted by molar-refractivity contribution is -0.145. The fourth-order valence-corrected chi connectivity index (χ4v) is 7.88. The molecule has 0 bridgehead atoms. The number of carbonyl (C=O) groups excluding carboxylic acids is 5. The quantitative estimate of drug-likeness (QED) is 0.0567. The third kappa shape index (κ3) is 20.1. The van der Waals surface area contributed by atoms with E-state index in [1.807, 2.05) is 137 Å². The minimum Gasteiger partial charge on any atom is -0.466 e. The topological polar surface area (TPSA) is 132 Å². The van der Waals surface area contributed by atoms with Gasteiger partial charge in [-0.2, -0.15) is 0 Å². The maximum absolute atomic E-state index is 11.4. The summed E-state index contributed by atoms with van der Waals surface area (Å²) in [5.74, 6) is 1.51. The molecule has 9 rings (SSSR count). The van der Waals surface area contributed by atoms with Crippen molar-refractivity contribution < 1.29 is 47.7 Å². The fraction of sp³-hybridized carbons (Fsp3) is 0.361. The van der Waals surface area contributed by atoms with Crippen molar-refractivity contribution in [3.63, 3.8) is 0 Å². The van der Waals surface area contributed by atoms with Gasteiger partial charge in [-0.15, -0.1) is 0 Å². The highest BCUT2D eigenvalue weighted by Gasteiger charge is 2.47. The summed E-state index contributed by atoms with van der Waals surface area (Å²) in [6.07, 6.45) is 6.76. The molecule has 0 saturated heterocycles. The van der Waals surface area contributed by atoms with Crippen molar-refractivity contribution in [3.05, 3.63) is 199 Å². The summed E-state index contributed by atoms with van der Waals surface area (Å²) in [6.45, 7) is 18.3. The lowest BCUT2D eigenvalue weighted by atomic mass is 10.1. The Bertz CT molecular complexity index is 2080. The predicted molar refractivity (Wildman–Crippen MR) is 279 cm³/mol. The lowest BCUT2D eigenvalue weighted by Gasteiger charge is -2.00. The molecular weight excluding hydrogens is 893 g/mol. The van der Waals surface area contributed by atoms with Crippen LogP contribution in [0, 0.1) is 23.7 Å². The van der Waals surface area contributed by atoms with Crippen LogP contribution in [0.15, 0.2) is 171 Å². The van der Waals surface area contributed by atoms with E-state index >= 15 is 0 Å². The molecule has 0 aromatic heterocycles. The highest BCUT2D eigenvalue weighted by molar-refractivity contribution is 5.81. The van der Waals surface area contributed by atoms with E-state index in [1.165, 1.54) is 27.8 Å². The Morgan fingerprint density at radius 2 is 0.606 bits per heavy atom. The van der Waals surface area contributed by atoms with Crippen molar-refractivity contribution in [3.8, 4) is 0 Å². The van der Waals surface area contributed by atoms with Crippen molar-refractivity contribution in [2.24, 2.45) is 23.7 Å². The molecule has 0 radical (unpaired) electrons. The summed E-state index contributed by atoms with van der Waals surface area (Å²) in [5.41, 5.74) is 6.19. The Morgan fingerprint density at radius 1 is 0.380 bits per heavy atom. The smallest absolute Gasteiger partial charge is 0.330 e. The average Bonchev–Trinajstić information content (AvgIpc) is 4.21. The Morgan fingerprint density at radius 3 is 0.775 bits per heavy atom. The van der Waals surface area contributed by atoms with Crippen LogP contribution in [-0.2, 0) is 47.7 Å². The number of carbonyl (C=O) groups is 5. The van der Waals surface area contributed by atoms with Crippen molar-refractivity contribution >= 4 is 35.9 Å². The molecule has 10 nitrogen and oxygen atoms in total. The largest absolute Gasteiger partial charge is 0.466 e. The SMILES string of the molecule is C=CC(=O)OCC.C=Cc1ccccc1.CCOC(=O)[C@@H]1C[C@@H]1c1ccccc1.CCOC(=O)[C@@H]1C[C@H]1c1ccccc1.CCOC(=O)[C@H]1C[C@@H]1c1ccccc1.CCOC(=O)[C@H]1C[C@H]1c1ccccc1. The molecule has 4 aliphatic rings. The molecule has 5 aromatic carbocycles. The lowest BCUT2D eigenvalue weighted by Crippen LogP contribution is -2.07. The molecule has 0 heterocycles. The highest BCUT2D eigenvalue weighted by atomic mass is 16.5. The number of ether oxygens (including phenoxy) is 5. The van der Waals surface area contributed by atoms with Crippen LogP contribution in [0.5, 0.6) is 0 Å². The van der Waals surface area contributed by atoms with Gasteiger partial charge in [0, 0.05) is 6.08 Å². The first-order chi connectivity index (χ1) is 34.5. The predicted octanol–water partition coefficient (Wildman–Crippen LogP) is 12.5. The Labute approximate surface area is 421 Å². The van der Waals surface area contributed by atoms with E-state index in [0.717, 1.165) is 31.8 Å². The van der Waals surface area contributed by atoms with Crippen LogP contribution in [0.25, 0.3) is 6.08 Å². The molecule has 0 unspecified atom stereocenters. The number of hydrogen-bond donors (Lipinski definition) is 0. The number of hydrogen-bond acceptors (Lipinski definition) is 10. The zero-order valence-corrected chi connectivity index (χ0v) is 42.1. The summed E-state index contributed by atoms with van der Waals surface area (Å²) in [5, 5.41) is 0. The van der Waals surface area contributed by atoms with Crippen molar-refractivity contribution in [1.82, 2.24) is 0 Å². The van der Waals surface area contributed by atoms with Gasteiger partial charge in [-0.05, 0) is 112 Å². The maximum Gasteiger partial charge on any atom is 0.330 e. The fourth-order valence-electron chi connectivity index (χ4n) is 7.88. The van der Waals surface area contributed by atoms with Crippen molar-refractivity contribution in [2.45, 2.75) is 84.0 Å². The van der Waals surface area contributed by atoms with Gasteiger partial charge in [-0.3, -0.25) is 19.2 Å². The molecule has 4 fully saturated rings. The van der Waals surface area contributed by atoms with Gasteiger partial charge in [0.25, 0.3) is 0 Å². The van der Waals surface area contributed by atoms with E-state index in [-0.39, 0.29) is 53.5 Å². The second-order valence-electron chi connectivity index (χ2n) is 17.0. The van der Waals surface area contributed by atoms with Gasteiger partial charge in [-0.25, -0.2) is 4.79 Å². The Balaban J connectivity index is 0.000000188. The molecule has 0 amide bonds. The molecule has 10 heteroatoms. The first kappa shape index (κ1) is 56.5. The molecule has 8 atom stereocenters. The van der Waals surface area contributed by atoms with E-state index in [1.54, 1.807) is 6.92 Å². The third-order valence-corrected chi connectivity index (χ3v) is 11.9. The summed E-state index contributed by atoms with van der Waals surface area (Å²) >= 11 is 0. The van der Waals surface area contributed by atoms with Crippen LogP contribution in [0.1, 0.15) is 112 Å². The maximum atomic E-state index is 11.4. The van der Waals surface area contributed by atoms with Gasteiger partial charge in [0.05, 0.1) is 56.7 Å². The molecule has 0 aliphatic heterocycles. The van der Waals surface area contributed by atoms with Crippen LogP contribution in [0.4, 0.5) is 0 Å². The molecule has 376 valence electrons. The zero-order valence-electron chi connectivity index (χ0n) is 42.1. The number of esters is 5. The summed E-state index contributed by atoms with van der Waals surface area (Å²) in [4.78, 5) is 55.5.